The first-order valence-electron chi connectivity index (χ1n) is 5.97. The lowest BCUT2D eigenvalue weighted by molar-refractivity contribution is 0.0751. The maximum atomic E-state index is 12.4. The summed E-state index contributed by atoms with van der Waals surface area (Å²) in [6.07, 6.45) is 0.515. The summed E-state index contributed by atoms with van der Waals surface area (Å²) in [5.74, 6) is 0.0728. The Morgan fingerprint density at radius 3 is 2.68 bits per heavy atom. The second kappa shape index (κ2) is 5.09. The Morgan fingerprint density at radius 1 is 1.53 bits per heavy atom. The summed E-state index contributed by atoms with van der Waals surface area (Å²) in [5.41, 5.74) is 0.673. The van der Waals surface area contributed by atoms with Crippen molar-refractivity contribution in [3.63, 3.8) is 0 Å². The van der Waals surface area contributed by atoms with E-state index in [1.54, 1.807) is 21.0 Å². The first-order valence-corrected chi connectivity index (χ1v) is 8.60. The van der Waals surface area contributed by atoms with Gasteiger partial charge in [-0.1, -0.05) is 11.3 Å². The van der Waals surface area contributed by atoms with Crippen LogP contribution in [0.5, 0.6) is 0 Å². The molecule has 1 atom stereocenters. The van der Waals surface area contributed by atoms with Crippen LogP contribution in [0.25, 0.3) is 0 Å². The van der Waals surface area contributed by atoms with Crippen molar-refractivity contribution in [2.75, 3.05) is 30.9 Å². The second-order valence-electron chi connectivity index (χ2n) is 4.66. The average Bonchev–Trinajstić information content (AvgIpc) is 2.90. The van der Waals surface area contributed by atoms with Gasteiger partial charge in [-0.25, -0.2) is 13.4 Å². The molecule has 0 radical (unpaired) electrons. The maximum absolute atomic E-state index is 12.4. The second-order valence-corrected chi connectivity index (χ2v) is 7.88. The molecule has 1 saturated heterocycles. The molecule has 0 unspecified atom stereocenters. The molecular weight excluding hydrogens is 286 g/mol. The van der Waals surface area contributed by atoms with Crippen molar-refractivity contribution in [1.82, 2.24) is 9.88 Å². The Bertz CT molecular complexity index is 594. The van der Waals surface area contributed by atoms with E-state index in [4.69, 9.17) is 0 Å². The molecule has 1 aliphatic rings. The topological polar surface area (TPSA) is 79.4 Å². The number of hydrogen-bond donors (Lipinski definition) is 1. The Morgan fingerprint density at radius 2 is 2.21 bits per heavy atom. The quantitative estimate of drug-likeness (QED) is 0.891. The number of carbonyl (C=O) groups is 1. The fourth-order valence-electron chi connectivity index (χ4n) is 2.11. The lowest BCUT2D eigenvalue weighted by Crippen LogP contribution is -2.37. The van der Waals surface area contributed by atoms with E-state index in [9.17, 15) is 13.2 Å². The van der Waals surface area contributed by atoms with Gasteiger partial charge in [0.15, 0.2) is 15.0 Å². The van der Waals surface area contributed by atoms with Gasteiger partial charge in [-0.05, 0) is 13.3 Å². The van der Waals surface area contributed by atoms with E-state index < -0.39 is 9.84 Å². The first-order chi connectivity index (χ1) is 8.84. The van der Waals surface area contributed by atoms with Gasteiger partial charge in [-0.2, -0.15) is 0 Å². The molecule has 0 aromatic carbocycles. The Kier molecular flexibility index (Phi) is 3.82. The van der Waals surface area contributed by atoms with E-state index in [-0.39, 0.29) is 23.5 Å². The van der Waals surface area contributed by atoms with Crippen LogP contribution in [0.1, 0.15) is 21.8 Å². The van der Waals surface area contributed by atoms with Gasteiger partial charge < -0.3 is 10.2 Å². The zero-order valence-corrected chi connectivity index (χ0v) is 12.8. The number of hydrogen-bond acceptors (Lipinski definition) is 6. The van der Waals surface area contributed by atoms with E-state index in [2.05, 4.69) is 10.3 Å². The predicted molar refractivity (Wildman–Crippen MR) is 75.6 cm³/mol. The molecule has 2 rings (SSSR count). The summed E-state index contributed by atoms with van der Waals surface area (Å²) in [6, 6.07) is -0.225. The third-order valence-electron chi connectivity index (χ3n) is 3.28. The molecule has 1 amide bonds. The van der Waals surface area contributed by atoms with Gasteiger partial charge in [0.05, 0.1) is 17.2 Å². The molecule has 0 aliphatic carbocycles. The third kappa shape index (κ3) is 2.89. The summed E-state index contributed by atoms with van der Waals surface area (Å²) in [7, 11) is 0.424. The molecule has 6 nitrogen and oxygen atoms in total. The highest BCUT2D eigenvalue weighted by Gasteiger charge is 2.34. The highest BCUT2D eigenvalue weighted by atomic mass is 32.2. The minimum absolute atomic E-state index is 0.0615. The summed E-state index contributed by atoms with van der Waals surface area (Å²) in [4.78, 5) is 18.7. The van der Waals surface area contributed by atoms with E-state index in [1.807, 2.05) is 0 Å². The molecular formula is C11H17N3O3S2. The van der Waals surface area contributed by atoms with Crippen molar-refractivity contribution in [1.29, 1.82) is 0 Å². The van der Waals surface area contributed by atoms with Crippen molar-refractivity contribution < 1.29 is 13.2 Å². The zero-order chi connectivity index (χ0) is 14.2. The number of sulfone groups is 1. The molecule has 2 heterocycles. The first kappa shape index (κ1) is 14.3. The normalized spacial score (nSPS) is 21.3. The third-order valence-corrected chi connectivity index (χ3v) is 6.19. The van der Waals surface area contributed by atoms with Crippen LogP contribution in [-0.4, -0.2) is 55.9 Å². The number of rotatable bonds is 3. The molecule has 0 spiro atoms. The van der Waals surface area contributed by atoms with Crippen LogP contribution >= 0.6 is 11.3 Å². The van der Waals surface area contributed by atoms with Gasteiger partial charge in [-0.3, -0.25) is 4.79 Å². The largest absolute Gasteiger partial charge is 0.365 e. The van der Waals surface area contributed by atoms with Gasteiger partial charge in [0.1, 0.15) is 4.88 Å². The fraction of sp³-hybridized carbons (Fsp3) is 0.636. The van der Waals surface area contributed by atoms with Gasteiger partial charge in [0, 0.05) is 20.1 Å². The number of nitrogens with one attached hydrogen (secondary N) is 1. The van der Waals surface area contributed by atoms with E-state index in [0.717, 1.165) is 0 Å². The van der Waals surface area contributed by atoms with E-state index >= 15 is 0 Å². The predicted octanol–water partition coefficient (Wildman–Crippen LogP) is 0.752. The molecule has 0 saturated carbocycles. The number of amides is 1. The minimum Gasteiger partial charge on any atom is -0.365 e. The van der Waals surface area contributed by atoms with Crippen LogP contribution in [0.15, 0.2) is 0 Å². The van der Waals surface area contributed by atoms with Crippen molar-refractivity contribution >= 4 is 32.2 Å². The van der Waals surface area contributed by atoms with Crippen LogP contribution < -0.4 is 5.32 Å². The standard InChI is InChI=1S/C11H17N3O3S2/c1-7-9(18-11(12-2)13-7)10(15)14(3)8-4-5-19(16,17)6-8/h8H,4-6H2,1-3H3,(H,12,13)/t8-/m0/s1. The van der Waals surface area contributed by atoms with Crippen molar-refractivity contribution in [2.45, 2.75) is 19.4 Å². The molecule has 1 aliphatic heterocycles. The van der Waals surface area contributed by atoms with E-state index in [0.29, 0.717) is 22.1 Å². The zero-order valence-electron chi connectivity index (χ0n) is 11.1. The Balaban J connectivity index is 2.17. The molecule has 8 heteroatoms. The van der Waals surface area contributed by atoms with Gasteiger partial charge >= 0.3 is 0 Å². The van der Waals surface area contributed by atoms with Crippen LogP contribution in [0, 0.1) is 6.92 Å². The highest BCUT2D eigenvalue weighted by Crippen LogP contribution is 2.25. The molecule has 1 N–H and O–H groups in total. The SMILES string of the molecule is CNc1nc(C)c(C(=O)N(C)[C@H]2CCS(=O)(=O)C2)s1. The fourth-order valence-corrected chi connectivity index (χ4v) is 4.79. The number of thiazole rings is 1. The summed E-state index contributed by atoms with van der Waals surface area (Å²) in [6.45, 7) is 1.78. The number of carbonyl (C=O) groups excluding carboxylic acids is 1. The smallest absolute Gasteiger partial charge is 0.265 e. The van der Waals surface area contributed by atoms with Crippen molar-refractivity contribution in [3.8, 4) is 0 Å². The molecule has 19 heavy (non-hydrogen) atoms. The van der Waals surface area contributed by atoms with Crippen molar-refractivity contribution in [2.24, 2.45) is 0 Å². The number of nitrogens with zero attached hydrogens (tertiary/aromatic N) is 2. The van der Waals surface area contributed by atoms with Crippen LogP contribution in [0.3, 0.4) is 0 Å². The van der Waals surface area contributed by atoms with Gasteiger partial charge in [0.2, 0.25) is 0 Å². The molecule has 1 aromatic heterocycles. The van der Waals surface area contributed by atoms with Gasteiger partial charge in [-0.15, -0.1) is 0 Å². The molecule has 0 bridgehead atoms. The highest BCUT2D eigenvalue weighted by molar-refractivity contribution is 7.91. The molecule has 106 valence electrons. The Hall–Kier alpha value is -1.15. The number of aryl methyl sites for hydroxylation is 1. The number of aromatic nitrogens is 1. The molecule has 1 fully saturated rings. The van der Waals surface area contributed by atoms with Crippen molar-refractivity contribution in [3.05, 3.63) is 10.6 Å². The van der Waals surface area contributed by atoms with Crippen LogP contribution in [0.4, 0.5) is 5.13 Å². The summed E-state index contributed by atoms with van der Waals surface area (Å²) >= 11 is 1.29. The summed E-state index contributed by atoms with van der Waals surface area (Å²) < 4.78 is 22.9. The van der Waals surface area contributed by atoms with E-state index in [1.165, 1.54) is 16.2 Å². The van der Waals surface area contributed by atoms with Gasteiger partial charge in [0.25, 0.3) is 5.91 Å². The molecule has 1 aromatic rings. The van der Waals surface area contributed by atoms with Crippen LogP contribution in [-0.2, 0) is 9.84 Å². The maximum Gasteiger partial charge on any atom is 0.265 e. The monoisotopic (exact) mass is 303 g/mol. The lowest BCUT2D eigenvalue weighted by Gasteiger charge is -2.22. The number of anilines is 1. The Labute approximate surface area is 116 Å². The average molecular weight is 303 g/mol. The van der Waals surface area contributed by atoms with Crippen LogP contribution in [0.2, 0.25) is 0 Å². The summed E-state index contributed by atoms with van der Waals surface area (Å²) in [5, 5.41) is 3.59. The minimum atomic E-state index is -2.98. The lowest BCUT2D eigenvalue weighted by atomic mass is 10.2.